The van der Waals surface area contributed by atoms with Gasteiger partial charge in [0.1, 0.15) is 0 Å². The zero-order valence-electron chi connectivity index (χ0n) is 13.3. The Morgan fingerprint density at radius 3 is 2.67 bits per heavy atom. The molecule has 0 radical (unpaired) electrons. The zero-order valence-corrected chi connectivity index (χ0v) is 14.0. The first-order valence-electron chi connectivity index (χ1n) is 7.57. The number of nitrogens with one attached hydrogen (secondary N) is 1. The van der Waals surface area contributed by atoms with E-state index in [1.807, 2.05) is 11.7 Å². The van der Waals surface area contributed by atoms with E-state index in [9.17, 15) is 0 Å². The van der Waals surface area contributed by atoms with Crippen molar-refractivity contribution in [3.63, 3.8) is 0 Å². The monoisotopic (exact) mass is 305 g/mol. The summed E-state index contributed by atoms with van der Waals surface area (Å²) in [6.07, 6.45) is 1.71. The Labute approximate surface area is 132 Å². The van der Waals surface area contributed by atoms with Crippen LogP contribution in [-0.4, -0.2) is 16.3 Å². The van der Waals surface area contributed by atoms with Gasteiger partial charge < -0.3 is 5.32 Å². The van der Waals surface area contributed by atoms with E-state index in [1.54, 1.807) is 0 Å². The van der Waals surface area contributed by atoms with E-state index in [0.29, 0.717) is 0 Å². The zero-order chi connectivity index (χ0) is 15.4. The number of likely N-dealkylation sites (N-methyl/N-ethyl adjacent to an activating group) is 1. The molecule has 0 spiro atoms. The standard InChI is InChI=1S/C17H24ClN3/c1-5-14-17(18)16(21(4)20-14)11-15(19-6-2)13-9-7-8-12(3)10-13/h7-10,15,19H,5-6,11H2,1-4H3. The van der Waals surface area contributed by atoms with E-state index in [4.69, 9.17) is 11.6 Å². The topological polar surface area (TPSA) is 29.9 Å². The Bertz CT molecular complexity index is 604. The molecule has 4 heteroatoms. The molecule has 21 heavy (non-hydrogen) atoms. The highest BCUT2D eigenvalue weighted by molar-refractivity contribution is 6.31. The van der Waals surface area contributed by atoms with Gasteiger partial charge >= 0.3 is 0 Å². The molecule has 114 valence electrons. The molecule has 0 saturated heterocycles. The second-order valence-electron chi connectivity index (χ2n) is 5.41. The minimum absolute atomic E-state index is 0.257. The van der Waals surface area contributed by atoms with Crippen molar-refractivity contribution in [2.45, 2.75) is 39.7 Å². The third kappa shape index (κ3) is 3.66. The van der Waals surface area contributed by atoms with Crippen molar-refractivity contribution < 1.29 is 0 Å². The highest BCUT2D eigenvalue weighted by Gasteiger charge is 2.18. The molecule has 1 aromatic heterocycles. The van der Waals surface area contributed by atoms with Crippen molar-refractivity contribution in [2.24, 2.45) is 7.05 Å². The first kappa shape index (κ1) is 16.1. The van der Waals surface area contributed by atoms with Crippen LogP contribution in [0.1, 0.15) is 42.4 Å². The molecule has 1 N–H and O–H groups in total. The molecule has 1 unspecified atom stereocenters. The number of rotatable bonds is 6. The third-order valence-electron chi connectivity index (χ3n) is 3.80. The average molecular weight is 306 g/mol. The molecule has 0 saturated carbocycles. The van der Waals surface area contributed by atoms with Crippen LogP contribution in [0.15, 0.2) is 24.3 Å². The van der Waals surface area contributed by atoms with Gasteiger partial charge in [-0.3, -0.25) is 4.68 Å². The van der Waals surface area contributed by atoms with Crippen LogP contribution in [0.4, 0.5) is 0 Å². The third-order valence-corrected chi connectivity index (χ3v) is 4.23. The summed E-state index contributed by atoms with van der Waals surface area (Å²) in [7, 11) is 1.97. The summed E-state index contributed by atoms with van der Waals surface area (Å²) < 4.78 is 1.92. The van der Waals surface area contributed by atoms with Gasteiger partial charge in [0.15, 0.2) is 0 Å². The van der Waals surface area contributed by atoms with Crippen molar-refractivity contribution in [2.75, 3.05) is 6.54 Å². The highest BCUT2D eigenvalue weighted by Crippen LogP contribution is 2.26. The van der Waals surface area contributed by atoms with E-state index in [1.165, 1.54) is 11.1 Å². The molecule has 0 aliphatic carbocycles. The maximum Gasteiger partial charge on any atom is 0.0850 e. The van der Waals surface area contributed by atoms with Gasteiger partial charge in [0, 0.05) is 19.5 Å². The van der Waals surface area contributed by atoms with Crippen LogP contribution >= 0.6 is 11.6 Å². The molecule has 2 rings (SSSR count). The van der Waals surface area contributed by atoms with E-state index < -0.39 is 0 Å². The van der Waals surface area contributed by atoms with Crippen LogP contribution in [0.5, 0.6) is 0 Å². The van der Waals surface area contributed by atoms with E-state index in [2.05, 4.69) is 55.5 Å². The number of benzene rings is 1. The predicted octanol–water partition coefficient (Wildman–Crippen LogP) is 3.84. The van der Waals surface area contributed by atoms with E-state index >= 15 is 0 Å². The van der Waals surface area contributed by atoms with Crippen molar-refractivity contribution >= 4 is 11.6 Å². The number of halogens is 1. The fourth-order valence-corrected chi connectivity index (χ4v) is 3.05. The molecular formula is C17H24ClN3. The van der Waals surface area contributed by atoms with Gasteiger partial charge in [-0.2, -0.15) is 5.10 Å². The van der Waals surface area contributed by atoms with Gasteiger partial charge in [-0.1, -0.05) is 55.3 Å². The summed E-state index contributed by atoms with van der Waals surface area (Å²) in [5.41, 5.74) is 4.66. The lowest BCUT2D eigenvalue weighted by atomic mass is 10.00. The van der Waals surface area contributed by atoms with Crippen LogP contribution in [0, 0.1) is 6.92 Å². The average Bonchev–Trinajstić information content (AvgIpc) is 2.74. The van der Waals surface area contributed by atoms with Gasteiger partial charge in [-0.15, -0.1) is 0 Å². The fraction of sp³-hybridized carbons (Fsp3) is 0.471. The number of hydrogen-bond acceptors (Lipinski definition) is 2. The number of nitrogens with zero attached hydrogens (tertiary/aromatic N) is 2. The van der Waals surface area contributed by atoms with Crippen molar-refractivity contribution in [3.8, 4) is 0 Å². The molecule has 3 nitrogen and oxygen atoms in total. The normalized spacial score (nSPS) is 12.6. The highest BCUT2D eigenvalue weighted by atomic mass is 35.5. The summed E-state index contributed by atoms with van der Waals surface area (Å²) >= 11 is 6.48. The number of hydrogen-bond donors (Lipinski definition) is 1. The van der Waals surface area contributed by atoms with Crippen molar-refractivity contribution in [1.29, 1.82) is 0 Å². The SMILES string of the molecule is CCNC(Cc1c(Cl)c(CC)nn1C)c1cccc(C)c1. The van der Waals surface area contributed by atoms with Crippen LogP contribution in [0.3, 0.4) is 0 Å². The van der Waals surface area contributed by atoms with Crippen LogP contribution in [-0.2, 0) is 19.9 Å². The Morgan fingerprint density at radius 2 is 2.10 bits per heavy atom. The fourth-order valence-electron chi connectivity index (χ4n) is 2.68. The van der Waals surface area contributed by atoms with E-state index in [0.717, 1.165) is 35.8 Å². The van der Waals surface area contributed by atoms with Crippen LogP contribution in [0.2, 0.25) is 5.02 Å². The van der Waals surface area contributed by atoms with Gasteiger partial charge in [0.05, 0.1) is 16.4 Å². The molecular weight excluding hydrogens is 282 g/mol. The molecule has 0 bridgehead atoms. The van der Waals surface area contributed by atoms with Crippen molar-refractivity contribution in [1.82, 2.24) is 15.1 Å². The largest absolute Gasteiger partial charge is 0.310 e. The second-order valence-corrected chi connectivity index (χ2v) is 5.79. The first-order valence-corrected chi connectivity index (χ1v) is 7.94. The molecule has 1 heterocycles. The van der Waals surface area contributed by atoms with Crippen LogP contribution in [0.25, 0.3) is 0 Å². The van der Waals surface area contributed by atoms with Gasteiger partial charge in [-0.25, -0.2) is 0 Å². The Kier molecular flexibility index (Phi) is 5.43. The molecule has 0 fully saturated rings. The molecule has 0 aliphatic heterocycles. The summed E-state index contributed by atoms with van der Waals surface area (Å²) in [5, 5.41) is 8.88. The smallest absolute Gasteiger partial charge is 0.0850 e. The van der Waals surface area contributed by atoms with E-state index in [-0.39, 0.29) is 6.04 Å². The maximum atomic E-state index is 6.48. The number of aryl methyl sites for hydroxylation is 3. The van der Waals surface area contributed by atoms with Gasteiger partial charge in [0.25, 0.3) is 0 Å². The summed E-state index contributed by atoms with van der Waals surface area (Å²) in [6, 6.07) is 8.90. The molecule has 1 aromatic carbocycles. The lowest BCUT2D eigenvalue weighted by Crippen LogP contribution is -2.24. The summed E-state index contributed by atoms with van der Waals surface area (Å²) in [6.45, 7) is 7.26. The summed E-state index contributed by atoms with van der Waals surface area (Å²) in [4.78, 5) is 0. The minimum Gasteiger partial charge on any atom is -0.310 e. The molecule has 1 atom stereocenters. The predicted molar refractivity (Wildman–Crippen MR) is 88.9 cm³/mol. The lowest BCUT2D eigenvalue weighted by Gasteiger charge is -2.19. The molecule has 0 aliphatic rings. The maximum absolute atomic E-state index is 6.48. The Morgan fingerprint density at radius 1 is 1.33 bits per heavy atom. The second kappa shape index (κ2) is 7.10. The van der Waals surface area contributed by atoms with Gasteiger partial charge in [-0.05, 0) is 25.5 Å². The minimum atomic E-state index is 0.257. The Balaban J connectivity index is 2.30. The molecule has 2 aromatic rings. The lowest BCUT2D eigenvalue weighted by molar-refractivity contribution is 0.528. The van der Waals surface area contributed by atoms with Crippen molar-refractivity contribution in [3.05, 3.63) is 51.8 Å². The van der Waals surface area contributed by atoms with Crippen LogP contribution < -0.4 is 5.32 Å². The first-order chi connectivity index (χ1) is 10.1. The number of aromatic nitrogens is 2. The molecule has 0 amide bonds. The quantitative estimate of drug-likeness (QED) is 0.879. The van der Waals surface area contributed by atoms with Gasteiger partial charge in [0.2, 0.25) is 0 Å². The Hall–Kier alpha value is -1.32. The summed E-state index contributed by atoms with van der Waals surface area (Å²) in [5.74, 6) is 0.